The Labute approximate surface area is 174 Å². The zero-order valence-corrected chi connectivity index (χ0v) is 17.6. The lowest BCUT2D eigenvalue weighted by Gasteiger charge is -2.34. The molecule has 0 bridgehead atoms. The van der Waals surface area contributed by atoms with Gasteiger partial charge in [-0.25, -0.2) is 0 Å². The Kier molecular flexibility index (Phi) is 8.34. The molecule has 0 aromatic heterocycles. The average Bonchev–Trinajstić information content (AvgIpc) is 2.78. The fraction of sp³-hybridized carbons (Fsp3) is 0.435. The van der Waals surface area contributed by atoms with Crippen molar-refractivity contribution in [2.75, 3.05) is 53.4 Å². The zero-order valence-electron chi connectivity index (χ0n) is 17.6. The van der Waals surface area contributed by atoms with Crippen LogP contribution in [0.4, 0.5) is 0 Å². The Bertz CT molecular complexity index is 757. The normalized spacial score (nSPS) is 15.9. The lowest BCUT2D eigenvalue weighted by atomic mass is 10.2. The predicted molar refractivity (Wildman–Crippen MR) is 119 cm³/mol. The van der Waals surface area contributed by atoms with Gasteiger partial charge >= 0.3 is 0 Å². The molecule has 6 heteroatoms. The number of nitrogens with zero attached hydrogens (tertiary/aromatic N) is 3. The summed E-state index contributed by atoms with van der Waals surface area (Å²) in [7, 11) is 3.50. The Balaban J connectivity index is 1.33. The lowest BCUT2D eigenvalue weighted by Crippen LogP contribution is -2.48. The van der Waals surface area contributed by atoms with Crippen LogP contribution in [-0.4, -0.2) is 69.2 Å². The molecule has 1 saturated heterocycles. The third-order valence-electron chi connectivity index (χ3n) is 5.25. The van der Waals surface area contributed by atoms with Crippen LogP contribution in [0.15, 0.2) is 59.6 Å². The summed E-state index contributed by atoms with van der Waals surface area (Å²) in [4.78, 5) is 9.38. The van der Waals surface area contributed by atoms with E-state index in [0.717, 1.165) is 64.1 Å². The lowest BCUT2D eigenvalue weighted by molar-refractivity contribution is 0.129. The summed E-state index contributed by atoms with van der Waals surface area (Å²) in [5, 5.41) is 6.78. The van der Waals surface area contributed by atoms with Gasteiger partial charge < -0.3 is 15.4 Å². The summed E-state index contributed by atoms with van der Waals surface area (Å²) in [5.41, 5.74) is 2.57. The quantitative estimate of drug-likeness (QED) is 0.530. The molecule has 0 saturated carbocycles. The second-order valence-electron chi connectivity index (χ2n) is 7.31. The van der Waals surface area contributed by atoms with Crippen molar-refractivity contribution in [3.05, 3.63) is 65.7 Å². The van der Waals surface area contributed by atoms with Gasteiger partial charge in [0.1, 0.15) is 5.75 Å². The van der Waals surface area contributed by atoms with Gasteiger partial charge in [0.2, 0.25) is 0 Å². The van der Waals surface area contributed by atoms with Crippen LogP contribution in [0.3, 0.4) is 0 Å². The van der Waals surface area contributed by atoms with Crippen molar-refractivity contribution < 1.29 is 4.74 Å². The Morgan fingerprint density at radius 2 is 1.66 bits per heavy atom. The molecule has 1 aliphatic heterocycles. The smallest absolute Gasteiger partial charge is 0.191 e. The molecule has 1 heterocycles. The molecule has 0 radical (unpaired) electrons. The molecule has 0 aliphatic carbocycles. The van der Waals surface area contributed by atoms with Crippen molar-refractivity contribution in [3.8, 4) is 5.75 Å². The first-order valence-electron chi connectivity index (χ1n) is 10.3. The van der Waals surface area contributed by atoms with Crippen molar-refractivity contribution in [1.29, 1.82) is 0 Å². The molecule has 0 atom stereocenters. The summed E-state index contributed by atoms with van der Waals surface area (Å²) in [6.45, 7) is 8.16. The van der Waals surface area contributed by atoms with E-state index in [2.05, 4.69) is 61.8 Å². The van der Waals surface area contributed by atoms with E-state index in [1.54, 1.807) is 7.11 Å². The van der Waals surface area contributed by atoms with Crippen LogP contribution in [0, 0.1) is 0 Å². The molecule has 2 aromatic rings. The van der Waals surface area contributed by atoms with E-state index >= 15 is 0 Å². The summed E-state index contributed by atoms with van der Waals surface area (Å²) >= 11 is 0. The topological polar surface area (TPSA) is 52.1 Å². The number of benzene rings is 2. The molecule has 0 spiro atoms. The third kappa shape index (κ3) is 7.07. The number of piperazine rings is 1. The van der Waals surface area contributed by atoms with Crippen LogP contribution in [0.2, 0.25) is 0 Å². The highest BCUT2D eigenvalue weighted by Crippen LogP contribution is 2.12. The maximum Gasteiger partial charge on any atom is 0.191 e. The van der Waals surface area contributed by atoms with Gasteiger partial charge in [0.15, 0.2) is 5.96 Å². The molecule has 0 amide bonds. The van der Waals surface area contributed by atoms with E-state index in [4.69, 9.17) is 4.74 Å². The number of rotatable bonds is 8. The summed E-state index contributed by atoms with van der Waals surface area (Å²) in [6.07, 6.45) is 0. The number of ether oxygens (including phenoxy) is 1. The van der Waals surface area contributed by atoms with Crippen molar-refractivity contribution in [3.63, 3.8) is 0 Å². The van der Waals surface area contributed by atoms with Crippen molar-refractivity contribution in [2.24, 2.45) is 4.99 Å². The number of nitrogens with one attached hydrogen (secondary N) is 2. The molecule has 2 aromatic carbocycles. The maximum absolute atomic E-state index is 5.28. The number of hydrogen-bond donors (Lipinski definition) is 2. The van der Waals surface area contributed by atoms with Gasteiger partial charge in [-0.05, 0) is 23.3 Å². The van der Waals surface area contributed by atoms with Crippen LogP contribution in [-0.2, 0) is 13.1 Å². The minimum atomic E-state index is 0.717. The monoisotopic (exact) mass is 395 g/mol. The SMILES string of the molecule is CN=C(NCCN1CCN(Cc2ccccc2)CC1)NCc1cccc(OC)c1. The highest BCUT2D eigenvalue weighted by atomic mass is 16.5. The Morgan fingerprint density at radius 3 is 2.38 bits per heavy atom. The minimum Gasteiger partial charge on any atom is -0.497 e. The standard InChI is InChI=1S/C23H33N5O/c1-24-23(26-18-21-9-6-10-22(17-21)29-2)25-11-12-27-13-15-28(16-14-27)19-20-7-4-3-5-8-20/h3-10,17H,11-16,18-19H2,1-2H3,(H2,24,25,26). The first-order chi connectivity index (χ1) is 14.3. The van der Waals surface area contributed by atoms with E-state index in [0.29, 0.717) is 0 Å². The van der Waals surface area contributed by atoms with Crippen molar-refractivity contribution in [2.45, 2.75) is 13.1 Å². The van der Waals surface area contributed by atoms with Crippen LogP contribution >= 0.6 is 0 Å². The second-order valence-corrected chi connectivity index (χ2v) is 7.31. The highest BCUT2D eigenvalue weighted by Gasteiger charge is 2.16. The molecular formula is C23H33N5O. The number of guanidine groups is 1. The number of methoxy groups -OCH3 is 1. The first kappa shape index (κ1) is 21.1. The third-order valence-corrected chi connectivity index (χ3v) is 5.25. The minimum absolute atomic E-state index is 0.717. The van der Waals surface area contributed by atoms with Crippen LogP contribution < -0.4 is 15.4 Å². The molecule has 6 nitrogen and oxygen atoms in total. The largest absolute Gasteiger partial charge is 0.497 e. The van der Waals surface area contributed by atoms with Crippen LogP contribution in [0.5, 0.6) is 5.75 Å². The molecule has 156 valence electrons. The second kappa shape index (κ2) is 11.4. The summed E-state index contributed by atoms with van der Waals surface area (Å²) < 4.78 is 5.28. The van der Waals surface area contributed by atoms with Gasteiger partial charge in [-0.3, -0.25) is 14.8 Å². The van der Waals surface area contributed by atoms with Gasteiger partial charge in [-0.15, -0.1) is 0 Å². The van der Waals surface area contributed by atoms with Gasteiger partial charge in [0.05, 0.1) is 7.11 Å². The van der Waals surface area contributed by atoms with E-state index in [1.165, 1.54) is 11.1 Å². The van der Waals surface area contributed by atoms with E-state index < -0.39 is 0 Å². The van der Waals surface area contributed by atoms with Crippen molar-refractivity contribution in [1.82, 2.24) is 20.4 Å². The fourth-order valence-corrected chi connectivity index (χ4v) is 3.53. The van der Waals surface area contributed by atoms with E-state index in [1.807, 2.05) is 25.2 Å². The fourth-order valence-electron chi connectivity index (χ4n) is 3.53. The maximum atomic E-state index is 5.28. The molecule has 29 heavy (non-hydrogen) atoms. The molecule has 1 aliphatic rings. The molecule has 2 N–H and O–H groups in total. The number of hydrogen-bond acceptors (Lipinski definition) is 4. The average molecular weight is 396 g/mol. The summed E-state index contributed by atoms with van der Waals surface area (Å²) in [6, 6.07) is 18.8. The first-order valence-corrected chi connectivity index (χ1v) is 10.3. The molecule has 0 unspecified atom stereocenters. The van der Waals surface area contributed by atoms with Crippen LogP contribution in [0.25, 0.3) is 0 Å². The highest BCUT2D eigenvalue weighted by molar-refractivity contribution is 5.79. The van der Waals surface area contributed by atoms with E-state index in [9.17, 15) is 0 Å². The van der Waals surface area contributed by atoms with Gasteiger partial charge in [0, 0.05) is 59.4 Å². The molecule has 1 fully saturated rings. The Hall–Kier alpha value is -2.57. The van der Waals surface area contributed by atoms with Gasteiger partial charge in [-0.1, -0.05) is 42.5 Å². The Morgan fingerprint density at radius 1 is 0.931 bits per heavy atom. The summed E-state index contributed by atoms with van der Waals surface area (Å²) in [5.74, 6) is 1.70. The molecular weight excluding hydrogens is 362 g/mol. The number of aliphatic imine (C=N–C) groups is 1. The van der Waals surface area contributed by atoms with Gasteiger partial charge in [-0.2, -0.15) is 0 Å². The van der Waals surface area contributed by atoms with Crippen LogP contribution in [0.1, 0.15) is 11.1 Å². The molecule has 3 rings (SSSR count). The zero-order chi connectivity index (χ0) is 20.3. The van der Waals surface area contributed by atoms with Crippen molar-refractivity contribution >= 4 is 5.96 Å². The van der Waals surface area contributed by atoms with Gasteiger partial charge in [0.25, 0.3) is 0 Å². The van der Waals surface area contributed by atoms with E-state index in [-0.39, 0.29) is 0 Å². The predicted octanol–water partition coefficient (Wildman–Crippen LogP) is 2.18.